The Morgan fingerprint density at radius 3 is 2.34 bits per heavy atom. The molecule has 0 saturated carbocycles. The summed E-state index contributed by atoms with van der Waals surface area (Å²) in [6, 6.07) is 17.8. The highest BCUT2D eigenvalue weighted by Crippen LogP contribution is 2.29. The van der Waals surface area contributed by atoms with E-state index in [1.807, 2.05) is 30.3 Å². The van der Waals surface area contributed by atoms with Crippen molar-refractivity contribution in [1.29, 1.82) is 0 Å². The summed E-state index contributed by atoms with van der Waals surface area (Å²) >= 11 is 6.36. The molecule has 0 spiro atoms. The molecule has 8 heteroatoms. The van der Waals surface area contributed by atoms with E-state index in [9.17, 15) is 9.18 Å². The van der Waals surface area contributed by atoms with Gasteiger partial charge >= 0.3 is 0 Å². The first kappa shape index (κ1) is 23.3. The van der Waals surface area contributed by atoms with Gasteiger partial charge in [-0.05, 0) is 30.3 Å². The van der Waals surface area contributed by atoms with Crippen molar-refractivity contribution in [3.8, 4) is 11.3 Å². The number of para-hydroxylation sites is 1. The number of hydrogen-bond donors (Lipinski definition) is 0. The lowest BCUT2D eigenvalue weighted by atomic mass is 9.93. The Hall–Kier alpha value is -3.45. The molecule has 1 fully saturated rings. The van der Waals surface area contributed by atoms with Crippen molar-refractivity contribution >= 4 is 28.8 Å². The molecular weight excluding hydrogens is 465 g/mol. The molecule has 0 unspecified atom stereocenters. The Morgan fingerprint density at radius 1 is 0.971 bits per heavy atom. The first-order chi connectivity index (χ1) is 16.7. The van der Waals surface area contributed by atoms with Gasteiger partial charge in [0.1, 0.15) is 11.5 Å². The van der Waals surface area contributed by atoms with Crippen LogP contribution >= 0.6 is 11.6 Å². The molecule has 3 heterocycles. The summed E-state index contributed by atoms with van der Waals surface area (Å²) < 4.78 is 16.4. The largest absolute Gasteiger partial charge is 0.367 e. The zero-order valence-corrected chi connectivity index (χ0v) is 20.8. The van der Waals surface area contributed by atoms with E-state index in [-0.39, 0.29) is 22.8 Å². The first-order valence-corrected chi connectivity index (χ1v) is 12.0. The molecular formula is C27H27ClFN5O. The lowest BCUT2D eigenvalue weighted by Gasteiger charge is -2.36. The number of halogens is 2. The van der Waals surface area contributed by atoms with Crippen LogP contribution in [0.15, 0.2) is 60.7 Å². The van der Waals surface area contributed by atoms with Gasteiger partial charge in [0.15, 0.2) is 5.65 Å². The van der Waals surface area contributed by atoms with Crippen LogP contribution in [0.25, 0.3) is 16.9 Å². The van der Waals surface area contributed by atoms with Crippen molar-refractivity contribution in [2.75, 3.05) is 31.1 Å². The van der Waals surface area contributed by atoms with E-state index in [1.54, 1.807) is 33.7 Å². The van der Waals surface area contributed by atoms with Gasteiger partial charge in [-0.1, -0.05) is 56.6 Å². The van der Waals surface area contributed by atoms with E-state index in [0.29, 0.717) is 48.1 Å². The lowest BCUT2D eigenvalue weighted by molar-refractivity contribution is 0.0741. The van der Waals surface area contributed by atoms with E-state index < -0.39 is 0 Å². The van der Waals surface area contributed by atoms with E-state index in [1.165, 1.54) is 6.07 Å². The number of amides is 1. The maximum atomic E-state index is 14.8. The number of anilines is 1. The molecule has 2 aromatic carbocycles. The minimum Gasteiger partial charge on any atom is -0.367 e. The van der Waals surface area contributed by atoms with Gasteiger partial charge in [0.2, 0.25) is 0 Å². The summed E-state index contributed by atoms with van der Waals surface area (Å²) in [5.74, 6) is -0.554. The Morgan fingerprint density at radius 2 is 1.66 bits per heavy atom. The lowest BCUT2D eigenvalue weighted by Crippen LogP contribution is -2.49. The fourth-order valence-electron chi connectivity index (χ4n) is 4.33. The normalized spacial score (nSPS) is 14.5. The van der Waals surface area contributed by atoms with Crippen LogP contribution in [0.4, 0.5) is 10.1 Å². The predicted molar refractivity (Wildman–Crippen MR) is 137 cm³/mol. The number of rotatable bonds is 3. The van der Waals surface area contributed by atoms with Crippen molar-refractivity contribution in [2.45, 2.75) is 26.2 Å². The number of hydrogen-bond acceptors (Lipinski definition) is 4. The number of carbonyl (C=O) groups excluding carboxylic acids is 1. The molecule has 2 aromatic heterocycles. The van der Waals surface area contributed by atoms with Gasteiger partial charge in [-0.3, -0.25) is 4.79 Å². The minimum absolute atomic E-state index is 0.178. The summed E-state index contributed by atoms with van der Waals surface area (Å²) in [6.45, 7) is 8.58. The third-order valence-electron chi connectivity index (χ3n) is 6.32. The van der Waals surface area contributed by atoms with Gasteiger partial charge in [0.25, 0.3) is 5.91 Å². The second-order valence-corrected chi connectivity index (χ2v) is 10.2. The van der Waals surface area contributed by atoms with Crippen LogP contribution < -0.4 is 4.90 Å². The molecule has 0 atom stereocenters. The Labute approximate surface area is 209 Å². The molecule has 6 nitrogen and oxygen atoms in total. The summed E-state index contributed by atoms with van der Waals surface area (Å²) in [5, 5.41) is 5.41. The van der Waals surface area contributed by atoms with Gasteiger partial charge in [0, 0.05) is 43.2 Å². The zero-order valence-electron chi connectivity index (χ0n) is 20.0. The smallest absolute Gasteiger partial charge is 0.272 e. The van der Waals surface area contributed by atoms with E-state index in [4.69, 9.17) is 16.7 Å². The number of benzene rings is 2. The van der Waals surface area contributed by atoms with Crippen LogP contribution in [0.1, 0.15) is 37.0 Å². The molecule has 0 N–H and O–H groups in total. The van der Waals surface area contributed by atoms with Crippen molar-refractivity contribution in [1.82, 2.24) is 19.5 Å². The first-order valence-electron chi connectivity index (χ1n) is 11.7. The van der Waals surface area contributed by atoms with E-state index in [2.05, 4.69) is 30.7 Å². The van der Waals surface area contributed by atoms with Crippen molar-refractivity contribution < 1.29 is 9.18 Å². The monoisotopic (exact) mass is 491 g/mol. The second kappa shape index (κ2) is 8.96. The van der Waals surface area contributed by atoms with Gasteiger partial charge in [0.05, 0.1) is 22.1 Å². The Kier molecular flexibility index (Phi) is 5.97. The average molecular weight is 492 g/mol. The summed E-state index contributed by atoms with van der Waals surface area (Å²) in [6.07, 6.45) is 0. The number of aromatic nitrogens is 3. The molecule has 5 rings (SSSR count). The maximum absolute atomic E-state index is 14.8. The number of carbonyl (C=O) groups is 1. The van der Waals surface area contributed by atoms with Crippen molar-refractivity contribution in [3.63, 3.8) is 0 Å². The third kappa shape index (κ3) is 4.48. The van der Waals surface area contributed by atoms with E-state index in [0.717, 1.165) is 11.4 Å². The van der Waals surface area contributed by atoms with Crippen LogP contribution in [0, 0.1) is 5.82 Å². The molecule has 35 heavy (non-hydrogen) atoms. The van der Waals surface area contributed by atoms with Crippen molar-refractivity contribution in [2.24, 2.45) is 0 Å². The number of fused-ring (bicyclic) bond motifs is 1. The summed E-state index contributed by atoms with van der Waals surface area (Å²) in [7, 11) is 0. The zero-order chi connectivity index (χ0) is 24.7. The van der Waals surface area contributed by atoms with Crippen LogP contribution in [0.3, 0.4) is 0 Å². The minimum atomic E-state index is -0.375. The Bertz CT molecular complexity index is 1400. The molecule has 180 valence electrons. The van der Waals surface area contributed by atoms with Crippen LogP contribution in [-0.4, -0.2) is 51.6 Å². The molecule has 1 aliphatic rings. The Balaban J connectivity index is 1.49. The number of piperazine rings is 1. The van der Waals surface area contributed by atoms with Crippen molar-refractivity contribution in [3.05, 3.63) is 82.9 Å². The fourth-order valence-corrected chi connectivity index (χ4v) is 4.59. The predicted octanol–water partition coefficient (Wildman–Crippen LogP) is 5.45. The molecule has 1 aliphatic heterocycles. The highest BCUT2D eigenvalue weighted by molar-refractivity contribution is 6.33. The van der Waals surface area contributed by atoms with Crippen LogP contribution in [0.5, 0.6) is 0 Å². The standard InChI is InChI=1S/C27H27ClFN5O/c1-27(2,3)24-17-25-30-21(16-23(34(25)31-24)18-8-4-6-10-20(18)29)26(35)33-14-12-32(13-15-33)22-11-7-5-9-19(22)28/h4-11,16-17H,12-15H2,1-3H3. The average Bonchev–Trinajstić information content (AvgIpc) is 3.29. The van der Waals surface area contributed by atoms with E-state index >= 15 is 0 Å². The van der Waals surface area contributed by atoms with Gasteiger partial charge in [-0.15, -0.1) is 0 Å². The SMILES string of the molecule is CC(C)(C)c1cc2nc(C(=O)N3CCN(c4ccccc4Cl)CC3)cc(-c3ccccc3F)n2n1. The molecule has 0 bridgehead atoms. The van der Waals surface area contributed by atoms with Gasteiger partial charge in [-0.2, -0.15) is 5.10 Å². The van der Waals surface area contributed by atoms with Crippen LogP contribution in [0.2, 0.25) is 5.02 Å². The summed E-state index contributed by atoms with van der Waals surface area (Å²) in [4.78, 5) is 22.1. The quantitative estimate of drug-likeness (QED) is 0.382. The highest BCUT2D eigenvalue weighted by Gasteiger charge is 2.27. The van der Waals surface area contributed by atoms with Gasteiger partial charge < -0.3 is 9.80 Å². The van der Waals surface area contributed by atoms with Gasteiger partial charge in [-0.25, -0.2) is 13.9 Å². The molecule has 0 radical (unpaired) electrons. The van der Waals surface area contributed by atoms with Crippen LogP contribution in [-0.2, 0) is 5.41 Å². The highest BCUT2D eigenvalue weighted by atomic mass is 35.5. The summed E-state index contributed by atoms with van der Waals surface area (Å²) in [5.41, 5.74) is 3.25. The topological polar surface area (TPSA) is 53.7 Å². The second-order valence-electron chi connectivity index (χ2n) is 9.79. The fraction of sp³-hybridized carbons (Fsp3) is 0.296. The molecule has 4 aromatic rings. The third-order valence-corrected chi connectivity index (χ3v) is 6.64. The molecule has 1 amide bonds. The molecule has 1 saturated heterocycles. The molecule has 0 aliphatic carbocycles. The maximum Gasteiger partial charge on any atom is 0.272 e. The number of nitrogens with zero attached hydrogens (tertiary/aromatic N) is 5.